The topological polar surface area (TPSA) is 95.5 Å². The summed E-state index contributed by atoms with van der Waals surface area (Å²) >= 11 is 1.17. The molecule has 0 unspecified atom stereocenters. The van der Waals surface area contributed by atoms with Crippen molar-refractivity contribution in [1.82, 2.24) is 14.9 Å². The molecule has 2 heterocycles. The van der Waals surface area contributed by atoms with Crippen LogP contribution in [0.2, 0.25) is 0 Å². The summed E-state index contributed by atoms with van der Waals surface area (Å²) in [4.78, 5) is 34.5. The van der Waals surface area contributed by atoms with Gasteiger partial charge in [-0.3, -0.25) is 9.69 Å². The molecular formula is C18H25N3O4S. The first kappa shape index (κ1) is 20.3. The van der Waals surface area contributed by atoms with E-state index in [1.807, 2.05) is 11.9 Å². The molecule has 2 rings (SSSR count). The maximum Gasteiger partial charge on any atom is 0.348 e. The zero-order chi connectivity index (χ0) is 19.3. The molecule has 8 heteroatoms. The number of aliphatic hydroxyl groups excluding tert-OH is 1. The fraction of sp³-hybridized carbons (Fsp3) is 0.500. The lowest BCUT2D eigenvalue weighted by atomic mass is 10.2. The van der Waals surface area contributed by atoms with Crippen molar-refractivity contribution < 1.29 is 14.6 Å². The number of thiophene rings is 1. The Morgan fingerprint density at radius 3 is 2.92 bits per heavy atom. The van der Waals surface area contributed by atoms with Gasteiger partial charge in [0.1, 0.15) is 15.5 Å². The summed E-state index contributed by atoms with van der Waals surface area (Å²) in [7, 11) is 1.85. The number of allylic oxidation sites excluding steroid dienone is 1. The predicted octanol–water partition coefficient (Wildman–Crippen LogP) is 2.23. The van der Waals surface area contributed by atoms with E-state index in [1.165, 1.54) is 11.3 Å². The minimum absolute atomic E-state index is 0.269. The van der Waals surface area contributed by atoms with Crippen LogP contribution in [0.3, 0.4) is 0 Å². The van der Waals surface area contributed by atoms with Crippen LogP contribution in [0.15, 0.2) is 17.4 Å². The molecule has 0 spiro atoms. The number of H-pyrrole nitrogens is 1. The first-order valence-corrected chi connectivity index (χ1v) is 9.35. The van der Waals surface area contributed by atoms with Crippen LogP contribution in [0.1, 0.15) is 40.8 Å². The number of likely N-dealkylation sites (N-methyl/N-ethyl adjacent to an activating group) is 1. The molecule has 2 aromatic rings. The number of ether oxygens (including phenoxy) is 1. The molecule has 0 bridgehead atoms. The van der Waals surface area contributed by atoms with Gasteiger partial charge in [0, 0.05) is 6.54 Å². The second kappa shape index (κ2) is 9.07. The van der Waals surface area contributed by atoms with E-state index in [4.69, 9.17) is 4.74 Å². The molecule has 0 saturated carbocycles. The number of fused-ring (bicyclic) bond motifs is 1. The van der Waals surface area contributed by atoms with Gasteiger partial charge in [-0.15, -0.1) is 17.9 Å². The first-order valence-electron chi connectivity index (χ1n) is 8.54. The summed E-state index contributed by atoms with van der Waals surface area (Å²) in [5.74, 6) is 0.0639. The third kappa shape index (κ3) is 4.78. The number of aromatic nitrogens is 2. The van der Waals surface area contributed by atoms with Crippen molar-refractivity contribution in [3.63, 3.8) is 0 Å². The maximum atomic E-state index is 12.4. The number of nitrogens with one attached hydrogen (secondary N) is 1. The number of rotatable bonds is 9. The molecule has 7 nitrogen and oxygen atoms in total. The number of hydrogen-bond acceptors (Lipinski definition) is 7. The summed E-state index contributed by atoms with van der Waals surface area (Å²) < 4.78 is 5.04. The van der Waals surface area contributed by atoms with Gasteiger partial charge in [0.15, 0.2) is 0 Å². The number of nitrogens with zero attached hydrogens (tertiary/aromatic N) is 2. The Bertz CT molecular complexity index is 843. The average molecular weight is 379 g/mol. The molecule has 0 aliphatic heterocycles. The average Bonchev–Trinajstić information content (AvgIpc) is 2.90. The number of esters is 1. The Hall–Kier alpha value is -2.03. The summed E-state index contributed by atoms with van der Waals surface area (Å²) in [6, 6.07) is 0. The van der Waals surface area contributed by atoms with Crippen LogP contribution >= 0.6 is 11.3 Å². The van der Waals surface area contributed by atoms with Crippen LogP contribution in [0.5, 0.6) is 0 Å². The van der Waals surface area contributed by atoms with E-state index in [0.29, 0.717) is 46.0 Å². The molecule has 2 aromatic heterocycles. The van der Waals surface area contributed by atoms with Gasteiger partial charge in [0.05, 0.1) is 24.6 Å². The molecule has 0 fully saturated rings. The monoisotopic (exact) mass is 379 g/mol. The standard InChI is InChI=1S/C18H25N3O4S/c1-5-7-8-12(22)9-21(4)10-13-19-16(23)14-11(3)15(18(24)25-6-2)26-17(14)20-13/h5,12,22H,1,6-10H2,2-4H3,(H,19,20,23)/t12-/m1/s1. The molecule has 0 aromatic carbocycles. The van der Waals surface area contributed by atoms with Gasteiger partial charge in [-0.05, 0) is 39.3 Å². The number of carbonyl (C=O) groups is 1. The lowest BCUT2D eigenvalue weighted by Crippen LogP contribution is -2.30. The molecule has 2 N–H and O–H groups in total. The van der Waals surface area contributed by atoms with E-state index in [2.05, 4.69) is 16.5 Å². The second-order valence-electron chi connectivity index (χ2n) is 6.19. The molecular weight excluding hydrogens is 354 g/mol. The van der Waals surface area contributed by atoms with Crippen LogP contribution < -0.4 is 5.56 Å². The van der Waals surface area contributed by atoms with Crippen molar-refractivity contribution in [2.75, 3.05) is 20.2 Å². The zero-order valence-electron chi connectivity index (χ0n) is 15.4. The van der Waals surface area contributed by atoms with E-state index in [-0.39, 0.29) is 12.2 Å². The van der Waals surface area contributed by atoms with Gasteiger partial charge in [0.2, 0.25) is 0 Å². The predicted molar refractivity (Wildman–Crippen MR) is 103 cm³/mol. The third-order valence-electron chi connectivity index (χ3n) is 3.96. The van der Waals surface area contributed by atoms with Crippen molar-refractivity contribution in [1.29, 1.82) is 0 Å². The Morgan fingerprint density at radius 1 is 1.54 bits per heavy atom. The molecule has 0 amide bonds. The highest BCUT2D eigenvalue weighted by molar-refractivity contribution is 7.20. The molecule has 0 aliphatic carbocycles. The largest absolute Gasteiger partial charge is 0.462 e. The fourth-order valence-electron chi connectivity index (χ4n) is 2.74. The fourth-order valence-corrected chi connectivity index (χ4v) is 3.83. The van der Waals surface area contributed by atoms with Crippen molar-refractivity contribution in [3.05, 3.63) is 39.3 Å². The van der Waals surface area contributed by atoms with Gasteiger partial charge in [-0.25, -0.2) is 9.78 Å². The highest BCUT2D eigenvalue weighted by Gasteiger charge is 2.20. The van der Waals surface area contributed by atoms with Crippen molar-refractivity contribution >= 4 is 27.5 Å². The van der Waals surface area contributed by atoms with Gasteiger partial charge in [0.25, 0.3) is 5.56 Å². The lowest BCUT2D eigenvalue weighted by Gasteiger charge is -2.19. The van der Waals surface area contributed by atoms with Gasteiger partial charge < -0.3 is 14.8 Å². The van der Waals surface area contributed by atoms with Gasteiger partial charge in [-0.2, -0.15) is 0 Å². The lowest BCUT2D eigenvalue weighted by molar-refractivity contribution is 0.0531. The quantitative estimate of drug-likeness (QED) is 0.512. The minimum Gasteiger partial charge on any atom is -0.462 e. The van der Waals surface area contributed by atoms with Crippen molar-refractivity contribution in [2.24, 2.45) is 0 Å². The van der Waals surface area contributed by atoms with E-state index in [1.54, 1.807) is 19.9 Å². The number of aromatic amines is 1. The Balaban J connectivity index is 2.21. The Kier molecular flexibility index (Phi) is 7.07. The summed E-state index contributed by atoms with van der Waals surface area (Å²) in [6.45, 7) is 8.24. The normalized spacial score (nSPS) is 12.5. The van der Waals surface area contributed by atoms with E-state index in [9.17, 15) is 14.7 Å². The highest BCUT2D eigenvalue weighted by atomic mass is 32.1. The van der Waals surface area contributed by atoms with Crippen molar-refractivity contribution in [2.45, 2.75) is 39.3 Å². The van der Waals surface area contributed by atoms with Crippen LogP contribution in [0.25, 0.3) is 10.2 Å². The zero-order valence-corrected chi connectivity index (χ0v) is 16.2. The Morgan fingerprint density at radius 2 is 2.27 bits per heavy atom. The molecule has 26 heavy (non-hydrogen) atoms. The van der Waals surface area contributed by atoms with Crippen LogP contribution in [0, 0.1) is 6.92 Å². The molecule has 0 radical (unpaired) electrons. The Labute approximate surface area is 156 Å². The van der Waals surface area contributed by atoms with E-state index in [0.717, 1.165) is 6.42 Å². The summed E-state index contributed by atoms with van der Waals surface area (Å²) in [6.07, 6.45) is 2.70. The summed E-state index contributed by atoms with van der Waals surface area (Å²) in [5.41, 5.74) is 0.326. The van der Waals surface area contributed by atoms with Crippen molar-refractivity contribution in [3.8, 4) is 0 Å². The second-order valence-corrected chi connectivity index (χ2v) is 7.19. The van der Waals surface area contributed by atoms with Gasteiger partial charge in [-0.1, -0.05) is 6.08 Å². The molecule has 0 aliphatic rings. The van der Waals surface area contributed by atoms with E-state index >= 15 is 0 Å². The van der Waals surface area contributed by atoms with Crippen LogP contribution in [0.4, 0.5) is 0 Å². The maximum absolute atomic E-state index is 12.4. The smallest absolute Gasteiger partial charge is 0.348 e. The molecule has 1 atom stereocenters. The third-order valence-corrected chi connectivity index (χ3v) is 5.12. The highest BCUT2D eigenvalue weighted by Crippen LogP contribution is 2.27. The van der Waals surface area contributed by atoms with E-state index < -0.39 is 12.1 Å². The number of aryl methyl sites for hydroxylation is 1. The van der Waals surface area contributed by atoms with Crippen LogP contribution in [-0.4, -0.2) is 52.2 Å². The first-order chi connectivity index (χ1) is 12.4. The molecule has 142 valence electrons. The number of aliphatic hydroxyl groups is 1. The van der Waals surface area contributed by atoms with Gasteiger partial charge >= 0.3 is 5.97 Å². The number of carbonyl (C=O) groups excluding carboxylic acids is 1. The minimum atomic E-state index is -0.465. The SMILES string of the molecule is C=CCC[C@@H](O)CN(C)Cc1nc2sc(C(=O)OCC)c(C)c2c(=O)[nH]1. The number of hydrogen-bond donors (Lipinski definition) is 2. The van der Waals surface area contributed by atoms with Crippen LogP contribution in [-0.2, 0) is 11.3 Å². The summed E-state index contributed by atoms with van der Waals surface area (Å²) in [5, 5.41) is 10.4. The molecule has 0 saturated heterocycles.